The summed E-state index contributed by atoms with van der Waals surface area (Å²) in [5.74, 6) is -0.351. The predicted molar refractivity (Wildman–Crippen MR) is 74.8 cm³/mol. The zero-order valence-corrected chi connectivity index (χ0v) is 11.7. The second-order valence-electron chi connectivity index (χ2n) is 4.96. The molecular weight excluding hydrogens is 256 g/mol. The van der Waals surface area contributed by atoms with E-state index in [1.807, 2.05) is 25.2 Å². The lowest BCUT2D eigenvalue weighted by Crippen LogP contribution is -2.48. The lowest BCUT2D eigenvalue weighted by Gasteiger charge is -2.32. The van der Waals surface area contributed by atoms with Crippen molar-refractivity contribution >= 4 is 11.8 Å². The first-order valence-corrected chi connectivity index (χ1v) is 6.78. The number of nitrogens with zero attached hydrogens (tertiary/aromatic N) is 3. The van der Waals surface area contributed by atoms with Gasteiger partial charge in [-0.25, -0.2) is 0 Å². The molecule has 6 heteroatoms. The third-order valence-corrected chi connectivity index (χ3v) is 3.36. The van der Waals surface area contributed by atoms with Gasteiger partial charge in [0.2, 0.25) is 11.8 Å². The highest BCUT2D eigenvalue weighted by Gasteiger charge is 2.20. The highest BCUT2D eigenvalue weighted by molar-refractivity contribution is 5.96. The number of pyridine rings is 1. The van der Waals surface area contributed by atoms with Gasteiger partial charge in [0, 0.05) is 32.4 Å². The monoisotopic (exact) mass is 276 g/mol. The van der Waals surface area contributed by atoms with Crippen molar-refractivity contribution in [2.45, 2.75) is 13.0 Å². The topological polar surface area (TPSA) is 65.5 Å². The number of nitrogens with one attached hydrogen (secondary N) is 1. The molecule has 2 heterocycles. The van der Waals surface area contributed by atoms with E-state index in [0.29, 0.717) is 19.6 Å². The molecule has 0 spiro atoms. The molecule has 1 saturated heterocycles. The van der Waals surface area contributed by atoms with Crippen LogP contribution < -0.4 is 5.32 Å². The smallest absolute Gasteiger partial charge is 0.232 e. The number of likely N-dealkylation sites (N-methyl/N-ethyl adjacent to an activating group) is 1. The minimum atomic E-state index is -0.250. The summed E-state index contributed by atoms with van der Waals surface area (Å²) in [5, 5.41) is 2.72. The predicted octanol–water partition coefficient (Wildman–Crippen LogP) is -0.138. The Morgan fingerprint density at radius 3 is 2.65 bits per heavy atom. The molecular formula is C14H20N4O2. The van der Waals surface area contributed by atoms with Gasteiger partial charge >= 0.3 is 0 Å². The van der Waals surface area contributed by atoms with Gasteiger partial charge in [0.05, 0.1) is 12.2 Å². The van der Waals surface area contributed by atoms with E-state index in [-0.39, 0.29) is 18.2 Å². The van der Waals surface area contributed by atoms with E-state index in [9.17, 15) is 9.59 Å². The number of aromatic nitrogens is 1. The molecule has 0 bridgehead atoms. The summed E-state index contributed by atoms with van der Waals surface area (Å²) >= 11 is 0. The van der Waals surface area contributed by atoms with Gasteiger partial charge in [0.15, 0.2) is 0 Å². The quantitative estimate of drug-likeness (QED) is 0.778. The Morgan fingerprint density at radius 1 is 1.25 bits per heavy atom. The van der Waals surface area contributed by atoms with Crippen molar-refractivity contribution in [2.24, 2.45) is 0 Å². The fraction of sp³-hybridized carbons (Fsp3) is 0.500. The average molecular weight is 276 g/mol. The maximum atomic E-state index is 12.0. The molecule has 0 atom stereocenters. The van der Waals surface area contributed by atoms with Crippen LogP contribution in [-0.2, 0) is 16.1 Å². The third kappa shape index (κ3) is 4.31. The number of piperazine rings is 1. The first kappa shape index (κ1) is 14.5. The molecule has 0 radical (unpaired) electrons. The first-order valence-electron chi connectivity index (χ1n) is 6.78. The Morgan fingerprint density at radius 2 is 2.00 bits per heavy atom. The fourth-order valence-electron chi connectivity index (χ4n) is 2.06. The van der Waals surface area contributed by atoms with Gasteiger partial charge in [-0.2, -0.15) is 0 Å². The summed E-state index contributed by atoms with van der Waals surface area (Å²) in [5.41, 5.74) is 0.785. The molecule has 2 rings (SSSR count). The molecule has 1 aliphatic heterocycles. The standard InChI is InChI=1S/C14H20N4O2/c1-17-6-8-18(9-7-17)14(20)10-13(19)16-11-12-4-2-3-5-15-12/h2-5H,6-11H2,1H3,(H,16,19). The van der Waals surface area contributed by atoms with Crippen LogP contribution in [0.25, 0.3) is 0 Å². The zero-order valence-electron chi connectivity index (χ0n) is 11.7. The van der Waals surface area contributed by atoms with Crippen LogP contribution in [0.2, 0.25) is 0 Å². The Balaban J connectivity index is 1.72. The number of hydrogen-bond donors (Lipinski definition) is 1. The van der Waals surface area contributed by atoms with E-state index in [0.717, 1.165) is 18.8 Å². The normalized spacial score (nSPS) is 15.9. The minimum Gasteiger partial charge on any atom is -0.350 e. The summed E-state index contributed by atoms with van der Waals surface area (Å²) in [6.07, 6.45) is 1.59. The molecule has 1 aromatic heterocycles. The van der Waals surface area contributed by atoms with Gasteiger partial charge in [0.1, 0.15) is 6.42 Å². The highest BCUT2D eigenvalue weighted by Crippen LogP contribution is 2.02. The number of rotatable bonds is 4. The number of amides is 2. The van der Waals surface area contributed by atoms with Gasteiger partial charge in [-0.15, -0.1) is 0 Å². The second-order valence-corrected chi connectivity index (χ2v) is 4.96. The summed E-state index contributed by atoms with van der Waals surface area (Å²) in [6, 6.07) is 5.52. The van der Waals surface area contributed by atoms with E-state index in [4.69, 9.17) is 0 Å². The Hall–Kier alpha value is -1.95. The molecule has 2 amide bonds. The largest absolute Gasteiger partial charge is 0.350 e. The molecule has 1 N–H and O–H groups in total. The van der Waals surface area contributed by atoms with Gasteiger partial charge in [-0.3, -0.25) is 14.6 Å². The molecule has 0 aliphatic carbocycles. The lowest BCUT2D eigenvalue weighted by atomic mass is 10.2. The van der Waals surface area contributed by atoms with Crippen LogP contribution >= 0.6 is 0 Å². The molecule has 6 nitrogen and oxygen atoms in total. The summed E-state index contributed by atoms with van der Waals surface area (Å²) in [7, 11) is 2.03. The average Bonchev–Trinajstić information content (AvgIpc) is 2.47. The van der Waals surface area contributed by atoms with E-state index in [2.05, 4.69) is 15.2 Å². The van der Waals surface area contributed by atoms with Crippen molar-refractivity contribution in [3.63, 3.8) is 0 Å². The van der Waals surface area contributed by atoms with Gasteiger partial charge in [-0.1, -0.05) is 6.07 Å². The second kappa shape index (κ2) is 7.00. The molecule has 1 aliphatic rings. The molecule has 0 unspecified atom stereocenters. The number of carbonyl (C=O) groups is 2. The highest BCUT2D eigenvalue weighted by atomic mass is 16.2. The zero-order chi connectivity index (χ0) is 14.4. The SMILES string of the molecule is CN1CCN(C(=O)CC(=O)NCc2ccccn2)CC1. The van der Waals surface area contributed by atoms with Crippen molar-refractivity contribution < 1.29 is 9.59 Å². The van der Waals surface area contributed by atoms with Crippen LogP contribution in [0.5, 0.6) is 0 Å². The lowest BCUT2D eigenvalue weighted by molar-refractivity contribution is -0.137. The van der Waals surface area contributed by atoms with Crippen molar-refractivity contribution in [1.82, 2.24) is 20.1 Å². The van der Waals surface area contributed by atoms with E-state index in [1.165, 1.54) is 0 Å². The number of hydrogen-bond acceptors (Lipinski definition) is 4. The van der Waals surface area contributed by atoms with Crippen molar-refractivity contribution in [1.29, 1.82) is 0 Å². The van der Waals surface area contributed by atoms with E-state index < -0.39 is 0 Å². The Kier molecular flexibility index (Phi) is 5.06. The van der Waals surface area contributed by atoms with Crippen molar-refractivity contribution in [3.05, 3.63) is 30.1 Å². The first-order chi connectivity index (χ1) is 9.65. The van der Waals surface area contributed by atoms with Crippen molar-refractivity contribution in [2.75, 3.05) is 33.2 Å². The molecule has 108 valence electrons. The van der Waals surface area contributed by atoms with Crippen LogP contribution in [0.1, 0.15) is 12.1 Å². The van der Waals surface area contributed by atoms with Crippen LogP contribution in [0, 0.1) is 0 Å². The molecule has 20 heavy (non-hydrogen) atoms. The minimum absolute atomic E-state index is 0.0868. The van der Waals surface area contributed by atoms with Gasteiger partial charge in [0.25, 0.3) is 0 Å². The molecule has 0 aromatic carbocycles. The van der Waals surface area contributed by atoms with E-state index >= 15 is 0 Å². The Bertz CT molecular complexity index is 456. The molecule has 1 fully saturated rings. The number of carbonyl (C=O) groups excluding carboxylic acids is 2. The van der Waals surface area contributed by atoms with Crippen LogP contribution in [-0.4, -0.2) is 59.8 Å². The Labute approximate surface area is 118 Å². The van der Waals surface area contributed by atoms with Gasteiger partial charge < -0.3 is 15.1 Å². The maximum Gasteiger partial charge on any atom is 0.232 e. The fourth-order valence-corrected chi connectivity index (χ4v) is 2.06. The summed E-state index contributed by atoms with van der Waals surface area (Å²) < 4.78 is 0. The molecule has 1 aromatic rings. The maximum absolute atomic E-state index is 12.0. The van der Waals surface area contributed by atoms with Crippen molar-refractivity contribution in [3.8, 4) is 0 Å². The van der Waals surface area contributed by atoms with Crippen LogP contribution in [0.3, 0.4) is 0 Å². The summed E-state index contributed by atoms with van der Waals surface area (Å²) in [6.45, 7) is 3.48. The third-order valence-electron chi connectivity index (χ3n) is 3.36. The van der Waals surface area contributed by atoms with Crippen LogP contribution in [0.15, 0.2) is 24.4 Å². The van der Waals surface area contributed by atoms with Crippen LogP contribution in [0.4, 0.5) is 0 Å². The summed E-state index contributed by atoms with van der Waals surface area (Å²) in [4.78, 5) is 31.7. The van der Waals surface area contributed by atoms with E-state index in [1.54, 1.807) is 11.1 Å². The molecule has 0 saturated carbocycles. The van der Waals surface area contributed by atoms with Gasteiger partial charge in [-0.05, 0) is 19.2 Å².